The SMILES string of the molecule is O=S1(=O)NS(=O)(=O)C(F)(F)C1(F)F. The van der Waals surface area contributed by atoms with Crippen LogP contribution in [-0.4, -0.2) is 27.3 Å². The number of hydrogen-bond donors (Lipinski definition) is 1. The van der Waals surface area contributed by atoms with Crippen LogP contribution in [-0.2, 0) is 20.0 Å². The van der Waals surface area contributed by atoms with Gasteiger partial charge in [0, 0.05) is 0 Å². The van der Waals surface area contributed by atoms with Crippen LogP contribution in [0.1, 0.15) is 0 Å². The molecule has 11 heteroatoms. The molecule has 1 rings (SSSR count). The quantitative estimate of drug-likeness (QED) is 0.578. The molecular weight excluding hydrogens is 242 g/mol. The lowest BCUT2D eigenvalue weighted by molar-refractivity contribution is -0.0920. The van der Waals surface area contributed by atoms with Crippen LogP contribution in [0.4, 0.5) is 17.6 Å². The summed E-state index contributed by atoms with van der Waals surface area (Å²) in [5.74, 6) is 0. The third-order valence-corrected chi connectivity index (χ3v) is 4.98. The summed E-state index contributed by atoms with van der Waals surface area (Å²) in [5, 5.41) is -11.3. The predicted molar refractivity (Wildman–Crippen MR) is 30.9 cm³/mol. The minimum atomic E-state index is -5.86. The van der Waals surface area contributed by atoms with E-state index in [0.29, 0.717) is 0 Å². The van der Waals surface area contributed by atoms with Crippen LogP contribution in [0.5, 0.6) is 0 Å². The van der Waals surface area contributed by atoms with E-state index in [9.17, 15) is 34.4 Å². The molecule has 1 fully saturated rings. The fourth-order valence-corrected chi connectivity index (χ4v) is 3.84. The molecule has 0 unspecified atom stereocenters. The Labute approximate surface area is 69.8 Å². The van der Waals surface area contributed by atoms with E-state index in [2.05, 4.69) is 0 Å². The largest absolute Gasteiger partial charge is 0.438 e. The van der Waals surface area contributed by atoms with Crippen molar-refractivity contribution < 1.29 is 34.4 Å². The molecule has 0 radical (unpaired) electrons. The van der Waals surface area contributed by atoms with Crippen molar-refractivity contribution in [1.82, 2.24) is 4.13 Å². The highest BCUT2D eigenvalue weighted by molar-refractivity contribution is 8.09. The molecule has 1 saturated heterocycles. The van der Waals surface area contributed by atoms with Gasteiger partial charge in [-0.1, -0.05) is 4.13 Å². The van der Waals surface area contributed by atoms with Crippen molar-refractivity contribution in [2.75, 3.05) is 0 Å². The van der Waals surface area contributed by atoms with Gasteiger partial charge in [-0.2, -0.15) is 17.6 Å². The number of alkyl halides is 4. The van der Waals surface area contributed by atoms with Crippen molar-refractivity contribution in [2.24, 2.45) is 0 Å². The summed E-state index contributed by atoms with van der Waals surface area (Å²) < 4.78 is 89.8. The summed E-state index contributed by atoms with van der Waals surface area (Å²) >= 11 is 0. The summed E-state index contributed by atoms with van der Waals surface area (Å²) in [6.45, 7) is 0. The van der Waals surface area contributed by atoms with Gasteiger partial charge < -0.3 is 0 Å². The van der Waals surface area contributed by atoms with Crippen molar-refractivity contribution in [3.05, 3.63) is 0 Å². The fraction of sp³-hybridized carbons (Fsp3) is 1.00. The highest BCUT2D eigenvalue weighted by atomic mass is 32.3. The zero-order valence-corrected chi connectivity index (χ0v) is 7.09. The highest BCUT2D eigenvalue weighted by Gasteiger charge is 2.80. The zero-order valence-electron chi connectivity index (χ0n) is 5.46. The highest BCUT2D eigenvalue weighted by Crippen LogP contribution is 2.46. The van der Waals surface area contributed by atoms with Crippen molar-refractivity contribution in [2.45, 2.75) is 10.5 Å². The first-order valence-electron chi connectivity index (χ1n) is 2.49. The second-order valence-corrected chi connectivity index (χ2v) is 5.83. The number of halogens is 4. The van der Waals surface area contributed by atoms with Gasteiger partial charge in [0.05, 0.1) is 0 Å². The van der Waals surface area contributed by atoms with Crippen molar-refractivity contribution in [3.8, 4) is 0 Å². The first-order chi connectivity index (χ1) is 5.46. The van der Waals surface area contributed by atoms with Crippen LogP contribution < -0.4 is 4.13 Å². The summed E-state index contributed by atoms with van der Waals surface area (Å²) in [4.78, 5) is 0. The fourth-order valence-electron chi connectivity index (χ4n) is 0.562. The lowest BCUT2D eigenvalue weighted by Crippen LogP contribution is -2.42. The molecule has 0 aromatic heterocycles. The number of nitrogens with one attached hydrogen (secondary N) is 1. The van der Waals surface area contributed by atoms with E-state index < -0.39 is 30.6 Å². The van der Waals surface area contributed by atoms with Crippen LogP contribution in [0, 0.1) is 0 Å². The van der Waals surface area contributed by atoms with Gasteiger partial charge in [-0.25, -0.2) is 16.8 Å². The molecule has 1 aliphatic heterocycles. The summed E-state index contributed by atoms with van der Waals surface area (Å²) in [6, 6.07) is 0. The molecule has 0 spiro atoms. The van der Waals surface area contributed by atoms with E-state index in [-0.39, 0.29) is 4.13 Å². The summed E-state index contributed by atoms with van der Waals surface area (Å²) in [5.41, 5.74) is 0. The van der Waals surface area contributed by atoms with Crippen LogP contribution >= 0.6 is 0 Å². The lowest BCUT2D eigenvalue weighted by Gasteiger charge is -2.12. The lowest BCUT2D eigenvalue weighted by atomic mass is 10.7. The van der Waals surface area contributed by atoms with Gasteiger partial charge >= 0.3 is 10.5 Å². The number of rotatable bonds is 0. The molecule has 5 nitrogen and oxygen atoms in total. The Morgan fingerprint density at radius 1 is 0.769 bits per heavy atom. The van der Waals surface area contributed by atoms with Gasteiger partial charge in [0.15, 0.2) is 0 Å². The van der Waals surface area contributed by atoms with Crippen LogP contribution in [0.15, 0.2) is 0 Å². The Kier molecular flexibility index (Phi) is 1.76. The minimum absolute atomic E-state index is 0.194. The molecule has 1 heterocycles. The van der Waals surface area contributed by atoms with Crippen molar-refractivity contribution in [3.63, 3.8) is 0 Å². The van der Waals surface area contributed by atoms with Gasteiger partial charge in [0.1, 0.15) is 0 Å². The second-order valence-electron chi connectivity index (χ2n) is 2.12. The molecule has 0 aromatic carbocycles. The molecule has 0 atom stereocenters. The Morgan fingerprint density at radius 2 is 1.00 bits per heavy atom. The molecule has 0 aliphatic carbocycles. The van der Waals surface area contributed by atoms with Gasteiger partial charge in [-0.3, -0.25) is 0 Å². The van der Waals surface area contributed by atoms with E-state index in [1.807, 2.05) is 0 Å². The summed E-state index contributed by atoms with van der Waals surface area (Å²) in [7, 11) is -11.7. The normalized spacial score (nSPS) is 32.9. The Hall–Kier alpha value is -0.420. The van der Waals surface area contributed by atoms with E-state index in [4.69, 9.17) is 0 Å². The minimum Gasteiger partial charge on any atom is -0.205 e. The Morgan fingerprint density at radius 3 is 1.08 bits per heavy atom. The molecule has 13 heavy (non-hydrogen) atoms. The predicted octanol–water partition coefficient (Wildman–Crippen LogP) is -0.565. The molecule has 0 bridgehead atoms. The van der Waals surface area contributed by atoms with Crippen LogP contribution in [0.25, 0.3) is 0 Å². The topological polar surface area (TPSA) is 80.3 Å². The third kappa shape index (κ3) is 1.00. The first kappa shape index (κ1) is 10.7. The van der Waals surface area contributed by atoms with E-state index in [1.54, 1.807) is 0 Å². The standard InChI is InChI=1S/C2HF4NO4S2/c3-1(4)2(5,6)13(10,11)7-12(1,8)9/h7H. The summed E-state index contributed by atoms with van der Waals surface area (Å²) in [6.07, 6.45) is 0. The van der Waals surface area contributed by atoms with Gasteiger partial charge in [0.2, 0.25) is 0 Å². The molecule has 0 amide bonds. The monoisotopic (exact) mass is 243 g/mol. The van der Waals surface area contributed by atoms with E-state index >= 15 is 0 Å². The van der Waals surface area contributed by atoms with Crippen molar-refractivity contribution >= 4 is 20.0 Å². The van der Waals surface area contributed by atoms with E-state index in [0.717, 1.165) is 0 Å². The molecule has 0 aromatic rings. The first-order valence-corrected chi connectivity index (χ1v) is 5.46. The van der Waals surface area contributed by atoms with Gasteiger partial charge in [-0.05, 0) is 0 Å². The second kappa shape index (κ2) is 2.15. The van der Waals surface area contributed by atoms with Crippen molar-refractivity contribution in [1.29, 1.82) is 0 Å². The average Bonchev–Trinajstić information content (AvgIpc) is 1.88. The molecule has 1 aliphatic rings. The molecule has 78 valence electrons. The smallest absolute Gasteiger partial charge is 0.205 e. The molecular formula is C2HF4NO4S2. The maximum Gasteiger partial charge on any atom is 0.438 e. The van der Waals surface area contributed by atoms with E-state index in [1.165, 1.54) is 0 Å². The van der Waals surface area contributed by atoms with Crippen LogP contribution in [0.2, 0.25) is 0 Å². The average molecular weight is 243 g/mol. The number of hydrogen-bond acceptors (Lipinski definition) is 4. The Balaban J connectivity index is 3.61. The van der Waals surface area contributed by atoms with Gasteiger partial charge in [-0.15, -0.1) is 0 Å². The zero-order chi connectivity index (χ0) is 10.7. The maximum atomic E-state index is 12.2. The molecule has 1 N–H and O–H groups in total. The Bertz CT molecular complexity index is 393. The van der Waals surface area contributed by atoms with Gasteiger partial charge in [0.25, 0.3) is 20.0 Å². The molecule has 0 saturated carbocycles. The number of sulfonamides is 2. The maximum absolute atomic E-state index is 12.2. The van der Waals surface area contributed by atoms with Crippen LogP contribution in [0.3, 0.4) is 0 Å². The third-order valence-electron chi connectivity index (χ3n) is 1.23.